The molecule has 2 aromatic carbocycles. The minimum absolute atomic E-state index is 0.0132. The first kappa shape index (κ1) is 44.8. The first-order chi connectivity index (χ1) is 26.5. The van der Waals surface area contributed by atoms with Crippen molar-refractivity contribution in [2.24, 2.45) is 11.0 Å². The molecule has 0 aromatic heterocycles. The second-order valence-corrected chi connectivity index (χ2v) is 19.7. The number of carbonyl (C=O) groups is 3. The Morgan fingerprint density at radius 1 is 0.875 bits per heavy atom. The molecule has 2 heterocycles. The van der Waals surface area contributed by atoms with Crippen molar-refractivity contribution in [3.8, 4) is 0 Å². The zero-order valence-electron chi connectivity index (χ0n) is 33.4. The molecule has 0 radical (unpaired) electrons. The van der Waals surface area contributed by atoms with E-state index in [-0.39, 0.29) is 30.8 Å². The molecular weight excluding hydrogens is 747 g/mol. The van der Waals surface area contributed by atoms with Crippen molar-refractivity contribution in [1.82, 2.24) is 0 Å². The molecule has 17 heteroatoms. The number of azide groups is 1. The lowest BCUT2D eigenvalue weighted by Gasteiger charge is -2.51. The predicted molar refractivity (Wildman–Crippen MR) is 203 cm³/mol. The van der Waals surface area contributed by atoms with Crippen LogP contribution < -0.4 is 0 Å². The van der Waals surface area contributed by atoms with E-state index >= 15 is 0 Å². The zero-order chi connectivity index (χ0) is 41.2. The van der Waals surface area contributed by atoms with Crippen LogP contribution in [-0.4, -0.2) is 106 Å². The van der Waals surface area contributed by atoms with Crippen LogP contribution in [0.1, 0.15) is 52.7 Å². The van der Waals surface area contributed by atoms with Crippen molar-refractivity contribution in [3.63, 3.8) is 0 Å². The fraction of sp³-hybridized carbons (Fsp3) is 0.615. The standard InChI is InChI=1S/C39H55N3O13Si/c1-23(2)39(5,6)56(8,9)55-37-29(41-42-40)32(49-20-26-16-12-10-13-17-26)31(28(52-37)22-48-24(3)43)53-38-35(51-25(4)44)33(30(45)34(54-38)36(46)47-7)50-21-27-18-14-11-15-19-27/h10-19,23,28-35,37-38,45H,20-22H2,1-9H3/t28-,29-,30+,31-,32-,33+,34-,35-,37+,38-/m1/s1. The Kier molecular flexibility index (Phi) is 16.0. The van der Waals surface area contributed by atoms with Crippen LogP contribution in [0.5, 0.6) is 0 Å². The average Bonchev–Trinajstić information content (AvgIpc) is 3.15. The minimum Gasteiger partial charge on any atom is -0.467 e. The number of benzene rings is 2. The second-order valence-electron chi connectivity index (χ2n) is 15.2. The van der Waals surface area contributed by atoms with Crippen molar-refractivity contribution in [2.75, 3.05) is 13.7 Å². The molecule has 0 unspecified atom stereocenters. The lowest BCUT2D eigenvalue weighted by molar-refractivity contribution is -0.346. The van der Waals surface area contributed by atoms with Crippen LogP contribution in [0.25, 0.3) is 10.4 Å². The van der Waals surface area contributed by atoms with Gasteiger partial charge in [-0.15, -0.1) is 0 Å². The van der Waals surface area contributed by atoms with Crippen molar-refractivity contribution < 1.29 is 61.8 Å². The summed E-state index contributed by atoms with van der Waals surface area (Å²) < 4.78 is 54.9. The van der Waals surface area contributed by atoms with Crippen LogP contribution in [0, 0.1) is 5.92 Å². The summed E-state index contributed by atoms with van der Waals surface area (Å²) in [5.74, 6) is -2.12. The Hall–Kier alpha value is -3.90. The summed E-state index contributed by atoms with van der Waals surface area (Å²) in [5, 5.41) is 15.3. The molecular formula is C39H55N3O13Si. The Labute approximate surface area is 328 Å². The lowest BCUT2D eigenvalue weighted by Crippen LogP contribution is -2.67. The third kappa shape index (κ3) is 11.1. The van der Waals surface area contributed by atoms with Gasteiger partial charge >= 0.3 is 17.9 Å². The highest BCUT2D eigenvalue weighted by Crippen LogP contribution is 2.46. The van der Waals surface area contributed by atoms with E-state index in [1.54, 1.807) is 24.3 Å². The number of rotatable bonds is 17. The molecule has 0 spiro atoms. The van der Waals surface area contributed by atoms with Gasteiger partial charge in [-0.05, 0) is 40.7 Å². The maximum Gasteiger partial charge on any atom is 0.337 e. The first-order valence-corrected chi connectivity index (χ1v) is 21.5. The summed E-state index contributed by atoms with van der Waals surface area (Å²) in [7, 11) is -1.58. The van der Waals surface area contributed by atoms with Crippen molar-refractivity contribution in [2.45, 2.75) is 134 Å². The molecule has 56 heavy (non-hydrogen) atoms. The van der Waals surface area contributed by atoms with Crippen molar-refractivity contribution >= 4 is 26.2 Å². The van der Waals surface area contributed by atoms with Gasteiger partial charge in [-0.25, -0.2) is 4.79 Å². The number of aliphatic hydroxyl groups is 1. The number of hydrogen-bond acceptors (Lipinski definition) is 14. The van der Waals surface area contributed by atoms with E-state index in [1.165, 1.54) is 6.92 Å². The highest BCUT2D eigenvalue weighted by molar-refractivity contribution is 6.74. The molecule has 2 aliphatic heterocycles. The number of hydrogen-bond donors (Lipinski definition) is 1. The van der Waals surface area contributed by atoms with Crippen LogP contribution in [0.4, 0.5) is 0 Å². The Morgan fingerprint density at radius 3 is 1.95 bits per heavy atom. The Morgan fingerprint density at radius 2 is 1.45 bits per heavy atom. The monoisotopic (exact) mass is 801 g/mol. The van der Waals surface area contributed by atoms with E-state index < -0.39 is 87.6 Å². The summed E-state index contributed by atoms with van der Waals surface area (Å²) in [6.07, 6.45) is -12.6. The van der Waals surface area contributed by atoms with E-state index in [1.807, 2.05) is 49.5 Å². The minimum atomic E-state index is -2.71. The largest absolute Gasteiger partial charge is 0.467 e. The van der Waals surface area contributed by atoms with Crippen LogP contribution in [0.3, 0.4) is 0 Å². The summed E-state index contributed by atoms with van der Waals surface area (Å²) >= 11 is 0. The topological polar surface area (TPSA) is 203 Å². The van der Waals surface area contributed by atoms with Gasteiger partial charge in [0.2, 0.25) is 0 Å². The highest BCUT2D eigenvalue weighted by atomic mass is 28.4. The summed E-state index contributed by atoms with van der Waals surface area (Å²) in [5.41, 5.74) is 11.4. The molecule has 1 N–H and O–H groups in total. The molecule has 0 aliphatic carbocycles. The third-order valence-corrected chi connectivity index (χ3v) is 15.3. The number of carbonyl (C=O) groups excluding carboxylic acids is 3. The number of methoxy groups -OCH3 is 1. The summed E-state index contributed by atoms with van der Waals surface area (Å²) in [6, 6.07) is 17.1. The maximum absolute atomic E-state index is 13.1. The molecule has 0 amide bonds. The van der Waals surface area contributed by atoms with Gasteiger partial charge in [-0.3, -0.25) is 9.59 Å². The lowest BCUT2D eigenvalue weighted by atomic mass is 9.95. The van der Waals surface area contributed by atoms with Crippen LogP contribution in [-0.2, 0) is 69.9 Å². The van der Waals surface area contributed by atoms with E-state index in [9.17, 15) is 25.0 Å². The van der Waals surface area contributed by atoms with Gasteiger partial charge in [0.25, 0.3) is 0 Å². The van der Waals surface area contributed by atoms with Gasteiger partial charge in [-0.1, -0.05) is 93.5 Å². The smallest absolute Gasteiger partial charge is 0.337 e. The van der Waals surface area contributed by atoms with E-state index in [4.69, 9.17) is 42.3 Å². The average molecular weight is 802 g/mol. The van der Waals surface area contributed by atoms with Crippen molar-refractivity contribution in [1.29, 1.82) is 0 Å². The van der Waals surface area contributed by atoms with Crippen LogP contribution in [0.15, 0.2) is 65.8 Å². The molecule has 2 saturated heterocycles. The first-order valence-electron chi connectivity index (χ1n) is 18.6. The molecule has 2 aromatic rings. The third-order valence-electron chi connectivity index (χ3n) is 10.8. The molecule has 2 fully saturated rings. The molecule has 0 saturated carbocycles. The van der Waals surface area contributed by atoms with Gasteiger partial charge < -0.3 is 47.4 Å². The Bertz CT molecular complexity index is 1640. The summed E-state index contributed by atoms with van der Waals surface area (Å²) in [6.45, 7) is 14.5. The number of aliphatic hydroxyl groups excluding tert-OH is 1. The normalized spacial score (nSPS) is 28.2. The fourth-order valence-corrected chi connectivity index (χ4v) is 8.91. The van der Waals surface area contributed by atoms with E-state index in [0.29, 0.717) is 0 Å². The molecule has 4 rings (SSSR count). The van der Waals surface area contributed by atoms with Crippen molar-refractivity contribution in [3.05, 3.63) is 82.2 Å². The fourth-order valence-electron chi connectivity index (χ4n) is 6.44. The molecule has 308 valence electrons. The quantitative estimate of drug-likeness (QED) is 0.0536. The molecule has 0 bridgehead atoms. The van der Waals surface area contributed by atoms with Gasteiger partial charge in [0.05, 0.1) is 20.3 Å². The maximum atomic E-state index is 13.1. The molecule has 10 atom stereocenters. The Balaban J connectivity index is 1.82. The second kappa shape index (κ2) is 20.0. The van der Waals surface area contributed by atoms with Gasteiger partial charge in [-0.2, -0.15) is 0 Å². The highest BCUT2D eigenvalue weighted by Gasteiger charge is 2.57. The number of ether oxygens (including phenoxy) is 8. The van der Waals surface area contributed by atoms with E-state index in [0.717, 1.165) is 25.2 Å². The number of esters is 3. The summed E-state index contributed by atoms with van der Waals surface area (Å²) in [4.78, 5) is 41.1. The number of nitrogens with zero attached hydrogens (tertiary/aromatic N) is 3. The van der Waals surface area contributed by atoms with E-state index in [2.05, 4.69) is 37.7 Å². The van der Waals surface area contributed by atoms with Gasteiger partial charge in [0.15, 0.2) is 33.1 Å². The van der Waals surface area contributed by atoms with Gasteiger partial charge in [0.1, 0.15) is 43.2 Å². The molecule has 2 aliphatic rings. The zero-order valence-corrected chi connectivity index (χ0v) is 34.4. The van der Waals surface area contributed by atoms with Gasteiger partial charge in [0, 0.05) is 18.8 Å². The van der Waals surface area contributed by atoms with Crippen LogP contribution >= 0.6 is 0 Å². The van der Waals surface area contributed by atoms with Crippen LogP contribution in [0.2, 0.25) is 18.1 Å². The SMILES string of the molecule is COC(=O)[C@@H]1O[C@@H](O[C@H]2[C@H](OCc3ccccc3)[C@@H](N=[N+]=[N-])[C@H](O[Si](C)(C)C(C)(C)C(C)C)O[C@@H]2COC(C)=O)[C@H](OC(C)=O)[C@@H](OCc2ccccc2)[C@@H]1O. The molecule has 16 nitrogen and oxygen atoms in total. The predicted octanol–water partition coefficient (Wildman–Crippen LogP) is 5.36.